The molecule has 2 aliphatic heterocycles. The van der Waals surface area contributed by atoms with Crippen molar-refractivity contribution in [2.45, 2.75) is 39.7 Å². The number of likely N-dealkylation sites (N-methyl/N-ethyl adjacent to an activating group) is 1. The van der Waals surface area contributed by atoms with E-state index in [0.29, 0.717) is 46.1 Å². The second kappa shape index (κ2) is 9.21. The summed E-state index contributed by atoms with van der Waals surface area (Å²) in [4.78, 5) is 26.1. The molecule has 0 saturated heterocycles. The van der Waals surface area contributed by atoms with E-state index in [1.165, 1.54) is 0 Å². The molecule has 1 unspecified atom stereocenters. The van der Waals surface area contributed by atoms with Crippen LogP contribution in [0.5, 0.6) is 11.5 Å². The number of carbonyl (C=O) groups is 2. The molecule has 0 saturated carbocycles. The van der Waals surface area contributed by atoms with Crippen LogP contribution in [0.3, 0.4) is 0 Å². The molecule has 0 bridgehead atoms. The van der Waals surface area contributed by atoms with Crippen molar-refractivity contribution in [3.8, 4) is 11.5 Å². The molecule has 0 amide bonds. The zero-order valence-electron chi connectivity index (χ0n) is 18.0. The maximum atomic E-state index is 13.1. The van der Waals surface area contributed by atoms with Crippen LogP contribution in [0.25, 0.3) is 0 Å². The molecule has 1 aromatic rings. The van der Waals surface area contributed by atoms with Gasteiger partial charge >= 0.3 is 11.9 Å². The number of hydrogen-bond acceptors (Lipinski definition) is 8. The van der Waals surface area contributed by atoms with E-state index >= 15 is 0 Å². The van der Waals surface area contributed by atoms with E-state index in [0.717, 1.165) is 0 Å². The lowest BCUT2D eigenvalue weighted by atomic mass is 9.80. The van der Waals surface area contributed by atoms with Gasteiger partial charge in [0.25, 0.3) is 0 Å². The van der Waals surface area contributed by atoms with Crippen LogP contribution in [-0.4, -0.2) is 45.0 Å². The number of fused-ring (bicyclic) bond motifs is 1. The van der Waals surface area contributed by atoms with E-state index in [9.17, 15) is 9.59 Å². The topological polar surface area (TPSA) is 95.1 Å². The molecule has 0 fully saturated rings. The zero-order chi connectivity index (χ0) is 21.8. The van der Waals surface area contributed by atoms with Gasteiger partial charge in [-0.05, 0) is 40.8 Å². The molecule has 30 heavy (non-hydrogen) atoms. The Kier molecular flexibility index (Phi) is 6.66. The van der Waals surface area contributed by atoms with E-state index < -0.39 is 17.9 Å². The lowest BCUT2D eigenvalue weighted by Crippen LogP contribution is -2.33. The van der Waals surface area contributed by atoms with Crippen molar-refractivity contribution >= 4 is 11.9 Å². The minimum Gasteiger partial charge on any atom is -0.461 e. The second-order valence-electron chi connectivity index (χ2n) is 7.41. The average Bonchev–Trinajstić information content (AvgIpc) is 3.15. The van der Waals surface area contributed by atoms with Crippen LogP contribution >= 0.6 is 0 Å². The highest BCUT2D eigenvalue weighted by atomic mass is 16.7. The summed E-state index contributed by atoms with van der Waals surface area (Å²) in [6.07, 6.45) is -0.308. The quantitative estimate of drug-likeness (QED) is 0.517. The summed E-state index contributed by atoms with van der Waals surface area (Å²) in [5.41, 5.74) is 2.58. The number of nitrogens with one attached hydrogen (secondary N) is 2. The Morgan fingerprint density at radius 1 is 1.17 bits per heavy atom. The molecule has 1 atom stereocenters. The van der Waals surface area contributed by atoms with Crippen LogP contribution in [-0.2, 0) is 19.1 Å². The van der Waals surface area contributed by atoms with Gasteiger partial charge in [-0.25, -0.2) is 9.59 Å². The minimum atomic E-state index is -0.712. The molecule has 3 rings (SSSR count). The first kappa shape index (κ1) is 21.7. The van der Waals surface area contributed by atoms with Crippen molar-refractivity contribution in [1.82, 2.24) is 10.6 Å². The normalized spacial score (nSPS) is 17.9. The van der Waals surface area contributed by atoms with Gasteiger partial charge < -0.3 is 29.6 Å². The van der Waals surface area contributed by atoms with Gasteiger partial charge in [-0.1, -0.05) is 12.1 Å². The van der Waals surface area contributed by atoms with Gasteiger partial charge in [0.15, 0.2) is 11.5 Å². The Labute approximate surface area is 176 Å². The minimum absolute atomic E-state index is 0.0798. The lowest BCUT2D eigenvalue weighted by Gasteiger charge is -2.31. The number of hydrogen-bond donors (Lipinski definition) is 2. The third-order valence-electron chi connectivity index (χ3n) is 4.87. The predicted octanol–water partition coefficient (Wildman–Crippen LogP) is 2.36. The summed E-state index contributed by atoms with van der Waals surface area (Å²) >= 11 is 0. The molecular formula is C22H28N2O6. The fraction of sp³-hybridized carbons (Fsp3) is 0.455. The van der Waals surface area contributed by atoms with E-state index in [1.807, 2.05) is 12.1 Å². The van der Waals surface area contributed by atoms with Gasteiger partial charge in [0.2, 0.25) is 6.79 Å². The highest BCUT2D eigenvalue weighted by Crippen LogP contribution is 2.47. The molecule has 2 aliphatic rings. The summed E-state index contributed by atoms with van der Waals surface area (Å²) in [7, 11) is 1.78. The van der Waals surface area contributed by atoms with E-state index in [-0.39, 0.29) is 19.5 Å². The largest absolute Gasteiger partial charge is 0.461 e. The first-order valence-electron chi connectivity index (χ1n) is 9.94. The molecular weight excluding hydrogens is 388 g/mol. The summed E-state index contributed by atoms with van der Waals surface area (Å²) in [5, 5.41) is 6.08. The number of rotatable bonds is 7. The summed E-state index contributed by atoms with van der Waals surface area (Å²) in [6.45, 7) is 7.95. The van der Waals surface area contributed by atoms with Crippen LogP contribution in [0.15, 0.2) is 40.7 Å². The Balaban J connectivity index is 2.11. The van der Waals surface area contributed by atoms with Crippen molar-refractivity contribution in [1.29, 1.82) is 0 Å². The molecule has 1 aromatic carbocycles. The fourth-order valence-electron chi connectivity index (χ4n) is 3.63. The van der Waals surface area contributed by atoms with Crippen LogP contribution in [0.1, 0.15) is 39.2 Å². The number of ether oxygens (including phenoxy) is 4. The zero-order valence-corrected chi connectivity index (χ0v) is 18.0. The van der Waals surface area contributed by atoms with Crippen molar-refractivity contribution in [3.63, 3.8) is 0 Å². The Morgan fingerprint density at radius 3 is 2.53 bits per heavy atom. The molecule has 2 heterocycles. The first-order chi connectivity index (χ1) is 14.3. The Hall–Kier alpha value is -3.00. The van der Waals surface area contributed by atoms with Crippen molar-refractivity contribution in [2.75, 3.05) is 27.0 Å². The smallest absolute Gasteiger partial charge is 0.337 e. The number of esters is 2. The monoisotopic (exact) mass is 416 g/mol. The third kappa shape index (κ3) is 4.28. The van der Waals surface area contributed by atoms with Crippen molar-refractivity contribution in [2.24, 2.45) is 0 Å². The van der Waals surface area contributed by atoms with Gasteiger partial charge in [0, 0.05) is 23.5 Å². The van der Waals surface area contributed by atoms with Crippen molar-refractivity contribution < 1.29 is 28.5 Å². The van der Waals surface area contributed by atoms with Gasteiger partial charge in [-0.2, -0.15) is 0 Å². The van der Waals surface area contributed by atoms with Gasteiger partial charge in [0.05, 0.1) is 23.2 Å². The van der Waals surface area contributed by atoms with Gasteiger partial charge in [-0.3, -0.25) is 0 Å². The SMILES string of the molecule is CNCCOC(=O)C1=C(C)NC(C)=C(C(=O)OC(C)C)C1c1cccc2c1OCO2. The van der Waals surface area contributed by atoms with E-state index in [2.05, 4.69) is 10.6 Å². The van der Waals surface area contributed by atoms with Crippen LogP contribution < -0.4 is 20.1 Å². The summed E-state index contributed by atoms with van der Waals surface area (Å²) in [6, 6.07) is 5.43. The molecule has 0 aliphatic carbocycles. The molecule has 162 valence electrons. The molecule has 0 aromatic heterocycles. The molecule has 0 radical (unpaired) electrons. The molecule has 2 N–H and O–H groups in total. The second-order valence-corrected chi connectivity index (χ2v) is 7.41. The predicted molar refractivity (Wildman–Crippen MR) is 110 cm³/mol. The lowest BCUT2D eigenvalue weighted by molar-refractivity contribution is -0.143. The van der Waals surface area contributed by atoms with Crippen LogP contribution in [0.2, 0.25) is 0 Å². The van der Waals surface area contributed by atoms with Crippen LogP contribution in [0.4, 0.5) is 0 Å². The molecule has 8 nitrogen and oxygen atoms in total. The highest BCUT2D eigenvalue weighted by molar-refractivity contribution is 6.00. The highest BCUT2D eigenvalue weighted by Gasteiger charge is 2.40. The maximum Gasteiger partial charge on any atom is 0.337 e. The first-order valence-corrected chi connectivity index (χ1v) is 9.94. The fourth-order valence-corrected chi connectivity index (χ4v) is 3.63. The molecule has 0 spiro atoms. The standard InChI is InChI=1S/C22H28N2O6/c1-12(2)30-22(26)18-14(4)24-13(3)17(21(25)27-10-9-23-5)19(18)15-7-6-8-16-20(15)29-11-28-16/h6-8,12,19,23-24H,9-11H2,1-5H3. The van der Waals surface area contributed by atoms with Crippen LogP contribution in [0, 0.1) is 0 Å². The van der Waals surface area contributed by atoms with E-state index in [1.54, 1.807) is 40.8 Å². The van der Waals surface area contributed by atoms with Gasteiger partial charge in [-0.15, -0.1) is 0 Å². The summed E-state index contributed by atoms with van der Waals surface area (Å²) < 4.78 is 22.2. The number of dihydropyridines is 1. The number of benzene rings is 1. The van der Waals surface area contributed by atoms with Gasteiger partial charge in [0.1, 0.15) is 6.61 Å². The Morgan fingerprint density at radius 2 is 1.87 bits per heavy atom. The molecule has 8 heteroatoms. The number of allylic oxidation sites excluding steroid dienone is 2. The van der Waals surface area contributed by atoms with Crippen molar-refractivity contribution in [3.05, 3.63) is 46.3 Å². The van der Waals surface area contributed by atoms with E-state index in [4.69, 9.17) is 18.9 Å². The Bertz CT molecular complexity index is 903. The maximum absolute atomic E-state index is 13.1. The number of para-hydroxylation sites is 1. The summed E-state index contributed by atoms with van der Waals surface area (Å²) in [5.74, 6) is -0.624. The third-order valence-corrected chi connectivity index (χ3v) is 4.87. The average molecular weight is 416 g/mol. The number of carbonyl (C=O) groups excluding carboxylic acids is 2.